The summed E-state index contributed by atoms with van der Waals surface area (Å²) in [6, 6.07) is 6.79. The molecule has 1 N–H and O–H groups in total. The van der Waals surface area contributed by atoms with E-state index in [1.807, 2.05) is 12.3 Å². The van der Waals surface area contributed by atoms with Crippen molar-refractivity contribution in [3.8, 4) is 0 Å². The summed E-state index contributed by atoms with van der Waals surface area (Å²) in [5.74, 6) is 0. The average Bonchev–Trinajstić information content (AvgIpc) is 2.21. The average molecular weight is 213 g/mol. The number of piperidine rings is 1. The second kappa shape index (κ2) is 5.99. The van der Waals surface area contributed by atoms with Gasteiger partial charge in [0.1, 0.15) is 0 Å². The van der Waals surface area contributed by atoms with Crippen molar-refractivity contribution in [3.05, 3.63) is 30.1 Å². The molecule has 1 aromatic heterocycles. The molecule has 0 aromatic carbocycles. The standard InChI is InChI=1S/C11H16N2.ClH/c1-3-7-12-10(5-1)9-11-6-2-4-8-13-11;/h1,3,5,7,11,13H,2,4,6,8-9H2;1H. The third kappa shape index (κ3) is 3.28. The van der Waals surface area contributed by atoms with E-state index in [0.29, 0.717) is 6.04 Å². The van der Waals surface area contributed by atoms with Gasteiger partial charge in [0.15, 0.2) is 0 Å². The highest BCUT2D eigenvalue weighted by Crippen LogP contribution is 2.10. The molecule has 1 fully saturated rings. The monoisotopic (exact) mass is 212 g/mol. The van der Waals surface area contributed by atoms with Crippen molar-refractivity contribution >= 4 is 12.4 Å². The highest BCUT2D eigenvalue weighted by Gasteiger charge is 2.12. The lowest BCUT2D eigenvalue weighted by atomic mass is 10.0. The molecule has 2 heterocycles. The fourth-order valence-electron chi connectivity index (χ4n) is 1.87. The highest BCUT2D eigenvalue weighted by molar-refractivity contribution is 5.85. The number of nitrogens with zero attached hydrogens (tertiary/aromatic N) is 1. The van der Waals surface area contributed by atoms with Crippen LogP contribution in [-0.4, -0.2) is 17.6 Å². The minimum Gasteiger partial charge on any atom is -0.314 e. The maximum atomic E-state index is 4.33. The van der Waals surface area contributed by atoms with E-state index in [0.717, 1.165) is 6.42 Å². The minimum atomic E-state index is 0. The van der Waals surface area contributed by atoms with Crippen LogP contribution in [0.5, 0.6) is 0 Å². The van der Waals surface area contributed by atoms with Gasteiger partial charge in [-0.15, -0.1) is 12.4 Å². The molecule has 0 aliphatic carbocycles. The molecule has 0 spiro atoms. The van der Waals surface area contributed by atoms with Crippen molar-refractivity contribution in [1.29, 1.82) is 0 Å². The quantitative estimate of drug-likeness (QED) is 0.813. The molecule has 2 nitrogen and oxygen atoms in total. The zero-order valence-corrected chi connectivity index (χ0v) is 9.09. The molecule has 1 saturated heterocycles. The van der Waals surface area contributed by atoms with E-state index in [9.17, 15) is 0 Å². The van der Waals surface area contributed by atoms with Gasteiger partial charge >= 0.3 is 0 Å². The lowest BCUT2D eigenvalue weighted by molar-refractivity contribution is 0.397. The van der Waals surface area contributed by atoms with E-state index < -0.39 is 0 Å². The number of aromatic nitrogens is 1. The Balaban J connectivity index is 0.000000980. The highest BCUT2D eigenvalue weighted by atomic mass is 35.5. The molecule has 1 unspecified atom stereocenters. The Kier molecular flexibility index (Phi) is 4.91. The Morgan fingerprint density at radius 3 is 2.93 bits per heavy atom. The predicted molar refractivity (Wildman–Crippen MR) is 60.8 cm³/mol. The maximum Gasteiger partial charge on any atom is 0.0419 e. The van der Waals surface area contributed by atoms with Gasteiger partial charge in [0.2, 0.25) is 0 Å². The second-order valence-corrected chi connectivity index (χ2v) is 3.67. The molecule has 3 heteroatoms. The van der Waals surface area contributed by atoms with Gasteiger partial charge < -0.3 is 5.32 Å². The maximum absolute atomic E-state index is 4.33. The van der Waals surface area contributed by atoms with E-state index in [2.05, 4.69) is 22.4 Å². The molecule has 78 valence electrons. The summed E-state index contributed by atoms with van der Waals surface area (Å²) in [6.07, 6.45) is 6.96. The van der Waals surface area contributed by atoms with E-state index in [-0.39, 0.29) is 12.4 Å². The molecule has 1 aliphatic rings. The van der Waals surface area contributed by atoms with Crippen LogP contribution >= 0.6 is 12.4 Å². The Bertz CT molecular complexity index is 245. The van der Waals surface area contributed by atoms with Crippen molar-refractivity contribution in [2.75, 3.05) is 6.54 Å². The number of pyridine rings is 1. The molecule has 2 rings (SSSR count). The number of nitrogens with one attached hydrogen (secondary N) is 1. The second-order valence-electron chi connectivity index (χ2n) is 3.67. The molecular formula is C11H17ClN2. The number of halogens is 1. The summed E-state index contributed by atoms with van der Waals surface area (Å²) in [7, 11) is 0. The molecule has 0 bridgehead atoms. The Morgan fingerprint density at radius 2 is 2.29 bits per heavy atom. The Labute approximate surface area is 91.5 Å². The minimum absolute atomic E-state index is 0. The summed E-state index contributed by atoms with van der Waals surface area (Å²) in [6.45, 7) is 1.18. The fraction of sp³-hybridized carbons (Fsp3) is 0.545. The summed E-state index contributed by atoms with van der Waals surface area (Å²) in [5, 5.41) is 3.53. The van der Waals surface area contributed by atoms with Crippen LogP contribution < -0.4 is 5.32 Å². The van der Waals surface area contributed by atoms with Crippen LogP contribution in [0.3, 0.4) is 0 Å². The Hall–Kier alpha value is -0.600. The fourth-order valence-corrected chi connectivity index (χ4v) is 1.87. The SMILES string of the molecule is Cl.c1ccc(CC2CCCCN2)nc1. The van der Waals surface area contributed by atoms with Crippen LogP contribution in [0.2, 0.25) is 0 Å². The first-order valence-electron chi connectivity index (χ1n) is 5.08. The van der Waals surface area contributed by atoms with Crippen LogP contribution in [0.25, 0.3) is 0 Å². The van der Waals surface area contributed by atoms with Crippen molar-refractivity contribution in [2.45, 2.75) is 31.7 Å². The Morgan fingerprint density at radius 1 is 1.36 bits per heavy atom. The topological polar surface area (TPSA) is 24.9 Å². The van der Waals surface area contributed by atoms with Gasteiger partial charge in [0.05, 0.1) is 0 Å². The zero-order valence-electron chi connectivity index (χ0n) is 8.28. The summed E-state index contributed by atoms with van der Waals surface area (Å²) < 4.78 is 0. The van der Waals surface area contributed by atoms with Gasteiger partial charge in [-0.3, -0.25) is 4.98 Å². The lowest BCUT2D eigenvalue weighted by Gasteiger charge is -2.22. The normalized spacial score (nSPS) is 21.3. The number of hydrogen-bond acceptors (Lipinski definition) is 2. The molecule has 0 amide bonds. The van der Waals surface area contributed by atoms with Gasteiger partial charge in [-0.1, -0.05) is 12.5 Å². The van der Waals surface area contributed by atoms with Gasteiger partial charge in [-0.05, 0) is 31.5 Å². The third-order valence-corrected chi connectivity index (χ3v) is 2.59. The smallest absolute Gasteiger partial charge is 0.0419 e. The third-order valence-electron chi connectivity index (χ3n) is 2.59. The van der Waals surface area contributed by atoms with Gasteiger partial charge in [-0.2, -0.15) is 0 Å². The van der Waals surface area contributed by atoms with Gasteiger partial charge in [-0.25, -0.2) is 0 Å². The molecule has 14 heavy (non-hydrogen) atoms. The van der Waals surface area contributed by atoms with Crippen molar-refractivity contribution in [2.24, 2.45) is 0 Å². The molecular weight excluding hydrogens is 196 g/mol. The van der Waals surface area contributed by atoms with E-state index in [4.69, 9.17) is 0 Å². The first-order valence-corrected chi connectivity index (χ1v) is 5.08. The van der Waals surface area contributed by atoms with Gasteiger partial charge in [0, 0.05) is 24.4 Å². The van der Waals surface area contributed by atoms with Crippen LogP contribution in [0.15, 0.2) is 24.4 Å². The van der Waals surface area contributed by atoms with Gasteiger partial charge in [0.25, 0.3) is 0 Å². The predicted octanol–water partition coefficient (Wildman–Crippen LogP) is 2.19. The van der Waals surface area contributed by atoms with Crippen LogP contribution in [0.4, 0.5) is 0 Å². The van der Waals surface area contributed by atoms with Crippen LogP contribution in [0.1, 0.15) is 25.0 Å². The lowest BCUT2D eigenvalue weighted by Crippen LogP contribution is -2.35. The first-order chi connectivity index (χ1) is 6.45. The molecule has 1 atom stereocenters. The van der Waals surface area contributed by atoms with Crippen LogP contribution in [0, 0.1) is 0 Å². The zero-order chi connectivity index (χ0) is 8.93. The van der Waals surface area contributed by atoms with Crippen molar-refractivity contribution < 1.29 is 0 Å². The van der Waals surface area contributed by atoms with E-state index in [1.165, 1.54) is 31.5 Å². The summed E-state index contributed by atoms with van der Waals surface area (Å²) in [4.78, 5) is 4.33. The number of hydrogen-bond donors (Lipinski definition) is 1. The molecule has 1 aromatic rings. The van der Waals surface area contributed by atoms with Crippen molar-refractivity contribution in [1.82, 2.24) is 10.3 Å². The number of rotatable bonds is 2. The van der Waals surface area contributed by atoms with Crippen LogP contribution in [-0.2, 0) is 6.42 Å². The summed E-state index contributed by atoms with van der Waals surface area (Å²) >= 11 is 0. The molecule has 0 radical (unpaired) electrons. The molecule has 0 saturated carbocycles. The first kappa shape index (κ1) is 11.5. The summed E-state index contributed by atoms with van der Waals surface area (Å²) in [5.41, 5.74) is 1.21. The largest absolute Gasteiger partial charge is 0.314 e. The van der Waals surface area contributed by atoms with Crippen molar-refractivity contribution in [3.63, 3.8) is 0 Å². The van der Waals surface area contributed by atoms with E-state index in [1.54, 1.807) is 0 Å². The molecule has 1 aliphatic heterocycles. The van der Waals surface area contributed by atoms with E-state index >= 15 is 0 Å².